The Labute approximate surface area is 184 Å². The van der Waals surface area contributed by atoms with Crippen molar-refractivity contribution in [3.05, 3.63) is 72.3 Å². The topological polar surface area (TPSA) is 103 Å². The lowest BCUT2D eigenvalue weighted by Gasteiger charge is -2.10. The summed E-state index contributed by atoms with van der Waals surface area (Å²) in [5.41, 5.74) is 8.05. The number of aryl methyl sites for hydroxylation is 1. The summed E-state index contributed by atoms with van der Waals surface area (Å²) in [6, 6.07) is 9.75. The fraction of sp³-hybridized carbons (Fsp3) is 0.0909. The van der Waals surface area contributed by atoms with Gasteiger partial charge in [0, 0.05) is 30.7 Å². The molecule has 0 fully saturated rings. The summed E-state index contributed by atoms with van der Waals surface area (Å²) >= 11 is 0. The molecule has 5 rings (SSSR count). The summed E-state index contributed by atoms with van der Waals surface area (Å²) in [7, 11) is 1.80. The number of benzene rings is 1. The Kier molecular flexibility index (Phi) is 4.55. The van der Waals surface area contributed by atoms with Crippen LogP contribution in [0, 0.1) is 0 Å². The molecule has 0 saturated carbocycles. The molecule has 0 aliphatic heterocycles. The lowest BCUT2D eigenvalue weighted by atomic mass is 10.1. The second-order valence-corrected chi connectivity index (χ2v) is 7.38. The number of hydrogen-bond acceptors (Lipinski definition) is 5. The molecule has 4 aromatic heterocycles. The summed E-state index contributed by atoms with van der Waals surface area (Å²) in [5, 5.41) is 7.74. The van der Waals surface area contributed by atoms with Gasteiger partial charge in [0.1, 0.15) is 22.9 Å². The van der Waals surface area contributed by atoms with E-state index in [9.17, 15) is 18.0 Å². The zero-order chi connectivity index (χ0) is 23.3. The van der Waals surface area contributed by atoms with Gasteiger partial charge < -0.3 is 11.1 Å². The Bertz CT molecular complexity index is 1530. The van der Waals surface area contributed by atoms with Gasteiger partial charge >= 0.3 is 6.18 Å². The molecule has 33 heavy (non-hydrogen) atoms. The second kappa shape index (κ2) is 7.33. The minimum Gasteiger partial charge on any atom is -0.383 e. The molecule has 0 spiro atoms. The molecule has 1 aromatic carbocycles. The number of nitrogens with two attached hydrogens (primary N) is 1. The molecule has 8 nitrogen and oxygen atoms in total. The first-order valence-corrected chi connectivity index (χ1v) is 9.75. The van der Waals surface area contributed by atoms with Crippen LogP contribution in [0.2, 0.25) is 0 Å². The van der Waals surface area contributed by atoms with Crippen LogP contribution < -0.4 is 11.1 Å². The zero-order valence-corrected chi connectivity index (χ0v) is 17.1. The van der Waals surface area contributed by atoms with Gasteiger partial charge in [0.05, 0.1) is 22.7 Å². The van der Waals surface area contributed by atoms with Gasteiger partial charge in [0.2, 0.25) is 0 Å². The number of halogens is 3. The first kappa shape index (κ1) is 20.5. The molecule has 0 saturated heterocycles. The van der Waals surface area contributed by atoms with Crippen molar-refractivity contribution < 1.29 is 18.0 Å². The summed E-state index contributed by atoms with van der Waals surface area (Å²) in [6.07, 6.45) is 0.103. The lowest BCUT2D eigenvalue weighted by Crippen LogP contribution is -2.15. The van der Waals surface area contributed by atoms with Crippen molar-refractivity contribution in [1.82, 2.24) is 24.1 Å². The molecule has 11 heteroatoms. The third kappa shape index (κ3) is 3.53. The number of carbonyl (C=O) groups is 1. The fourth-order valence-corrected chi connectivity index (χ4v) is 3.70. The van der Waals surface area contributed by atoms with Crippen molar-refractivity contribution in [2.75, 3.05) is 11.1 Å². The highest BCUT2D eigenvalue weighted by molar-refractivity contribution is 6.04. The highest BCUT2D eigenvalue weighted by Crippen LogP contribution is 2.32. The number of hydrogen-bond donors (Lipinski definition) is 2. The standard InChI is InChI=1S/C22H16F3N7O/c1-31-15-5-7-27-20(26)18(15)19(30-31)12-6-8-32-16(11-28-17(32)9-12)21(33)29-14-4-2-3-13(10-14)22(23,24)25/h2-11H,1H3,(H2,26,27)(H,29,33). The molecule has 5 aromatic rings. The highest BCUT2D eigenvalue weighted by atomic mass is 19.4. The maximum Gasteiger partial charge on any atom is 0.416 e. The number of amides is 1. The van der Waals surface area contributed by atoms with E-state index in [0.717, 1.165) is 23.2 Å². The van der Waals surface area contributed by atoms with E-state index in [1.54, 1.807) is 40.7 Å². The molecule has 0 aliphatic rings. The molecular formula is C22H16F3N7O. The smallest absolute Gasteiger partial charge is 0.383 e. The summed E-state index contributed by atoms with van der Waals surface area (Å²) in [6.45, 7) is 0. The van der Waals surface area contributed by atoms with E-state index < -0.39 is 17.6 Å². The number of aromatic nitrogens is 5. The van der Waals surface area contributed by atoms with E-state index in [1.807, 2.05) is 6.07 Å². The van der Waals surface area contributed by atoms with Gasteiger partial charge in [0.15, 0.2) is 0 Å². The Hall–Kier alpha value is -4.41. The third-order valence-electron chi connectivity index (χ3n) is 5.26. The molecule has 0 bridgehead atoms. The number of anilines is 2. The van der Waals surface area contributed by atoms with Crippen molar-refractivity contribution >= 4 is 34.0 Å². The molecule has 0 unspecified atom stereocenters. The molecule has 0 aliphatic carbocycles. The SMILES string of the molecule is Cn1nc(-c2ccn3c(C(=O)Nc4cccc(C(F)(F)F)c4)cnc3c2)c2c(N)nccc21. The van der Waals surface area contributed by atoms with Crippen molar-refractivity contribution in [1.29, 1.82) is 0 Å². The maximum absolute atomic E-state index is 12.9. The monoisotopic (exact) mass is 451 g/mol. The van der Waals surface area contributed by atoms with Gasteiger partial charge in [-0.25, -0.2) is 9.97 Å². The first-order chi connectivity index (χ1) is 15.7. The minimum atomic E-state index is -4.50. The van der Waals surface area contributed by atoms with Gasteiger partial charge in [-0.3, -0.25) is 13.9 Å². The minimum absolute atomic E-state index is 0.0318. The van der Waals surface area contributed by atoms with Crippen LogP contribution in [0.25, 0.3) is 27.8 Å². The molecular weight excluding hydrogens is 435 g/mol. The van der Waals surface area contributed by atoms with E-state index in [2.05, 4.69) is 20.4 Å². The Morgan fingerprint density at radius 3 is 2.73 bits per heavy atom. The van der Waals surface area contributed by atoms with E-state index >= 15 is 0 Å². The van der Waals surface area contributed by atoms with Crippen LogP contribution in [0.1, 0.15) is 16.1 Å². The number of imidazole rings is 1. The van der Waals surface area contributed by atoms with Crippen LogP contribution in [0.4, 0.5) is 24.7 Å². The van der Waals surface area contributed by atoms with E-state index in [4.69, 9.17) is 5.73 Å². The van der Waals surface area contributed by atoms with Crippen LogP contribution in [-0.4, -0.2) is 30.1 Å². The zero-order valence-electron chi connectivity index (χ0n) is 17.1. The van der Waals surface area contributed by atoms with Crippen molar-refractivity contribution in [2.45, 2.75) is 6.18 Å². The van der Waals surface area contributed by atoms with Crippen LogP contribution in [0.5, 0.6) is 0 Å². The van der Waals surface area contributed by atoms with Crippen molar-refractivity contribution in [3.63, 3.8) is 0 Å². The molecule has 4 heterocycles. The van der Waals surface area contributed by atoms with Crippen molar-refractivity contribution in [3.8, 4) is 11.3 Å². The Morgan fingerprint density at radius 2 is 1.94 bits per heavy atom. The Balaban J connectivity index is 1.49. The molecule has 0 radical (unpaired) electrons. The van der Waals surface area contributed by atoms with Crippen LogP contribution >= 0.6 is 0 Å². The van der Waals surface area contributed by atoms with Gasteiger partial charge in [-0.2, -0.15) is 18.3 Å². The fourth-order valence-electron chi connectivity index (χ4n) is 3.70. The third-order valence-corrected chi connectivity index (χ3v) is 5.26. The predicted octanol–water partition coefficient (Wildman–Crippen LogP) is 4.14. The van der Waals surface area contributed by atoms with Crippen LogP contribution in [0.3, 0.4) is 0 Å². The maximum atomic E-state index is 12.9. The first-order valence-electron chi connectivity index (χ1n) is 9.75. The predicted molar refractivity (Wildman–Crippen MR) is 117 cm³/mol. The van der Waals surface area contributed by atoms with E-state index in [-0.39, 0.29) is 11.4 Å². The van der Waals surface area contributed by atoms with E-state index in [1.165, 1.54) is 18.3 Å². The second-order valence-electron chi connectivity index (χ2n) is 7.38. The van der Waals surface area contributed by atoms with E-state index in [0.29, 0.717) is 22.5 Å². The average molecular weight is 451 g/mol. The molecule has 0 atom stereocenters. The van der Waals surface area contributed by atoms with Gasteiger partial charge in [-0.1, -0.05) is 6.07 Å². The quantitative estimate of drug-likeness (QED) is 0.429. The molecule has 166 valence electrons. The number of pyridine rings is 2. The van der Waals surface area contributed by atoms with Gasteiger partial charge in [-0.05, 0) is 36.4 Å². The lowest BCUT2D eigenvalue weighted by molar-refractivity contribution is -0.137. The summed E-state index contributed by atoms with van der Waals surface area (Å²) in [5.74, 6) is -0.244. The number of nitrogens with one attached hydrogen (secondary N) is 1. The molecule has 3 N–H and O–H groups in total. The largest absolute Gasteiger partial charge is 0.416 e. The van der Waals surface area contributed by atoms with Gasteiger partial charge in [0.25, 0.3) is 5.91 Å². The highest BCUT2D eigenvalue weighted by Gasteiger charge is 2.30. The van der Waals surface area contributed by atoms with Crippen molar-refractivity contribution in [2.24, 2.45) is 7.05 Å². The number of nitrogens with zero attached hydrogens (tertiary/aromatic N) is 5. The van der Waals surface area contributed by atoms with Crippen LogP contribution in [0.15, 0.2) is 61.1 Å². The average Bonchev–Trinajstić information content (AvgIpc) is 3.35. The summed E-state index contributed by atoms with van der Waals surface area (Å²) in [4.78, 5) is 21.1. The normalized spacial score (nSPS) is 11.9. The Morgan fingerprint density at radius 1 is 1.12 bits per heavy atom. The van der Waals surface area contributed by atoms with Gasteiger partial charge in [-0.15, -0.1) is 0 Å². The molecule has 1 amide bonds. The summed E-state index contributed by atoms with van der Waals surface area (Å²) < 4.78 is 42.1. The number of rotatable bonds is 3. The number of carbonyl (C=O) groups excluding carboxylic acids is 1. The number of nitrogen functional groups attached to an aromatic ring is 1. The van der Waals surface area contributed by atoms with Crippen LogP contribution in [-0.2, 0) is 13.2 Å². The number of alkyl halides is 3. The number of fused-ring (bicyclic) bond motifs is 2.